The number of aryl methyl sites for hydroxylation is 2. The van der Waals surface area contributed by atoms with Crippen molar-refractivity contribution < 1.29 is 13.2 Å². The number of piperidine rings is 1. The van der Waals surface area contributed by atoms with E-state index >= 15 is 0 Å². The number of rotatable bonds is 7. The van der Waals surface area contributed by atoms with Crippen molar-refractivity contribution in [3.63, 3.8) is 0 Å². The first-order valence-electron chi connectivity index (χ1n) is 9.65. The Kier molecular flexibility index (Phi) is 6.69. The normalized spacial score (nSPS) is 16.2. The van der Waals surface area contributed by atoms with Gasteiger partial charge in [0.25, 0.3) is 0 Å². The zero-order valence-electron chi connectivity index (χ0n) is 16.8. The van der Waals surface area contributed by atoms with Gasteiger partial charge in [-0.25, -0.2) is 13.1 Å². The molecule has 0 unspecified atom stereocenters. The molecule has 1 aromatic carbocycles. The maximum Gasteiger partial charge on any atom is 0.240 e. The molecule has 0 spiro atoms. The standard InChI is InChI=1S/C21H29N3O3S/c1-16-11-20(12-17(2)21(16)27-3)28(25,26)23-14-18-6-9-24(10-7-18)15-19-5-4-8-22-13-19/h4-5,8,11-13,18,23H,6-7,9-10,14-15H2,1-3H3. The number of sulfonamides is 1. The van der Waals surface area contributed by atoms with E-state index in [1.807, 2.05) is 26.1 Å². The van der Waals surface area contributed by atoms with Gasteiger partial charge in [-0.2, -0.15) is 0 Å². The van der Waals surface area contributed by atoms with Crippen LogP contribution in [0.25, 0.3) is 0 Å². The maximum atomic E-state index is 12.7. The molecule has 2 aromatic rings. The molecule has 7 heteroatoms. The molecule has 0 bridgehead atoms. The second-order valence-electron chi connectivity index (χ2n) is 7.52. The van der Waals surface area contributed by atoms with Gasteiger partial charge in [-0.1, -0.05) is 6.07 Å². The molecular formula is C21H29N3O3S. The number of nitrogens with zero attached hydrogens (tertiary/aromatic N) is 2. The molecule has 1 fully saturated rings. The van der Waals surface area contributed by atoms with Gasteiger partial charge in [-0.05, 0) is 80.6 Å². The van der Waals surface area contributed by atoms with Gasteiger partial charge in [0.05, 0.1) is 12.0 Å². The van der Waals surface area contributed by atoms with Crippen molar-refractivity contribution in [3.8, 4) is 5.75 Å². The molecule has 1 saturated heterocycles. The van der Waals surface area contributed by atoms with Crippen molar-refractivity contribution in [2.45, 2.75) is 38.1 Å². The fourth-order valence-corrected chi connectivity index (χ4v) is 5.08. The van der Waals surface area contributed by atoms with Crippen molar-refractivity contribution in [1.82, 2.24) is 14.6 Å². The Bertz CT molecular complexity index is 869. The van der Waals surface area contributed by atoms with Crippen molar-refractivity contribution in [3.05, 3.63) is 53.3 Å². The number of hydrogen-bond acceptors (Lipinski definition) is 5. The molecule has 28 heavy (non-hydrogen) atoms. The van der Waals surface area contributed by atoms with Gasteiger partial charge in [-0.3, -0.25) is 9.88 Å². The average Bonchev–Trinajstić information content (AvgIpc) is 2.68. The lowest BCUT2D eigenvalue weighted by atomic mass is 9.97. The molecule has 0 atom stereocenters. The van der Waals surface area contributed by atoms with Crippen LogP contribution in [0.3, 0.4) is 0 Å². The topological polar surface area (TPSA) is 71.5 Å². The van der Waals surface area contributed by atoms with Gasteiger partial charge in [-0.15, -0.1) is 0 Å². The summed E-state index contributed by atoms with van der Waals surface area (Å²) in [7, 11) is -1.92. The number of nitrogens with one attached hydrogen (secondary N) is 1. The molecule has 6 nitrogen and oxygen atoms in total. The van der Waals surface area contributed by atoms with Gasteiger partial charge in [0.2, 0.25) is 10.0 Å². The molecule has 1 aliphatic rings. The molecule has 1 aromatic heterocycles. The number of likely N-dealkylation sites (tertiary alicyclic amines) is 1. The van der Waals surface area contributed by atoms with Gasteiger partial charge < -0.3 is 4.74 Å². The highest BCUT2D eigenvalue weighted by Gasteiger charge is 2.23. The summed E-state index contributed by atoms with van der Waals surface area (Å²) in [5.74, 6) is 1.10. The van der Waals surface area contributed by atoms with E-state index in [9.17, 15) is 8.42 Å². The van der Waals surface area contributed by atoms with Crippen molar-refractivity contribution in [1.29, 1.82) is 0 Å². The fraction of sp³-hybridized carbons (Fsp3) is 0.476. The van der Waals surface area contributed by atoms with Gasteiger partial charge >= 0.3 is 0 Å². The predicted octanol–water partition coefficient (Wildman–Crippen LogP) is 2.90. The zero-order chi connectivity index (χ0) is 20.1. The van der Waals surface area contributed by atoms with E-state index in [-0.39, 0.29) is 0 Å². The Morgan fingerprint density at radius 2 is 1.89 bits per heavy atom. The minimum atomic E-state index is -3.52. The van der Waals surface area contributed by atoms with E-state index < -0.39 is 10.0 Å². The van der Waals surface area contributed by atoms with Gasteiger partial charge in [0, 0.05) is 25.5 Å². The van der Waals surface area contributed by atoms with E-state index in [1.165, 1.54) is 5.56 Å². The summed E-state index contributed by atoms with van der Waals surface area (Å²) in [6.45, 7) is 7.06. The first-order valence-corrected chi connectivity index (χ1v) is 11.1. The minimum absolute atomic E-state index is 0.303. The number of methoxy groups -OCH3 is 1. The van der Waals surface area contributed by atoms with Crippen LogP contribution in [0, 0.1) is 19.8 Å². The van der Waals surface area contributed by atoms with Crippen LogP contribution >= 0.6 is 0 Å². The molecule has 0 radical (unpaired) electrons. The summed E-state index contributed by atoms with van der Waals surface area (Å²) < 4.78 is 33.6. The van der Waals surface area contributed by atoms with Crippen LogP contribution in [0.4, 0.5) is 0 Å². The monoisotopic (exact) mass is 403 g/mol. The highest BCUT2D eigenvalue weighted by Crippen LogP contribution is 2.26. The highest BCUT2D eigenvalue weighted by atomic mass is 32.2. The molecule has 1 aliphatic heterocycles. The second-order valence-corrected chi connectivity index (χ2v) is 9.29. The Morgan fingerprint density at radius 3 is 2.46 bits per heavy atom. The molecule has 0 amide bonds. The molecule has 0 saturated carbocycles. The summed E-state index contributed by atoms with van der Waals surface area (Å²) in [4.78, 5) is 6.87. The molecule has 0 aliphatic carbocycles. The van der Waals surface area contributed by atoms with Crippen LogP contribution < -0.4 is 9.46 Å². The summed E-state index contributed by atoms with van der Waals surface area (Å²) in [6, 6.07) is 7.39. The lowest BCUT2D eigenvalue weighted by Crippen LogP contribution is -2.38. The van der Waals surface area contributed by atoms with Crippen molar-refractivity contribution in [2.75, 3.05) is 26.7 Å². The number of pyridine rings is 1. The van der Waals surface area contributed by atoms with Crippen LogP contribution in [0.2, 0.25) is 0 Å². The summed E-state index contributed by atoms with van der Waals surface area (Å²) in [5.41, 5.74) is 2.87. The smallest absolute Gasteiger partial charge is 0.240 e. The number of aromatic nitrogens is 1. The number of hydrogen-bond donors (Lipinski definition) is 1. The van der Waals surface area contributed by atoms with E-state index in [0.717, 1.165) is 49.4 Å². The Hall–Kier alpha value is -1.96. The summed E-state index contributed by atoms with van der Waals surface area (Å²) in [6.07, 6.45) is 5.67. The van der Waals surface area contributed by atoms with Gasteiger partial charge in [0.1, 0.15) is 5.75 Å². The van der Waals surface area contributed by atoms with E-state index in [2.05, 4.69) is 20.7 Å². The summed E-state index contributed by atoms with van der Waals surface area (Å²) in [5, 5.41) is 0. The highest BCUT2D eigenvalue weighted by molar-refractivity contribution is 7.89. The van der Waals surface area contributed by atoms with Gasteiger partial charge in [0.15, 0.2) is 0 Å². The largest absolute Gasteiger partial charge is 0.496 e. The quantitative estimate of drug-likeness (QED) is 0.770. The Morgan fingerprint density at radius 1 is 1.21 bits per heavy atom. The maximum absolute atomic E-state index is 12.7. The lowest BCUT2D eigenvalue weighted by molar-refractivity contribution is 0.178. The molecule has 1 N–H and O–H groups in total. The molecule has 3 rings (SSSR count). The van der Waals surface area contributed by atoms with Crippen LogP contribution in [0.1, 0.15) is 29.5 Å². The number of ether oxygens (including phenoxy) is 1. The van der Waals surface area contributed by atoms with Crippen LogP contribution in [0.5, 0.6) is 5.75 Å². The third kappa shape index (κ3) is 5.10. The van der Waals surface area contributed by atoms with E-state index in [4.69, 9.17) is 4.74 Å². The average molecular weight is 404 g/mol. The van der Waals surface area contributed by atoms with Crippen LogP contribution in [-0.4, -0.2) is 45.0 Å². The first kappa shape index (κ1) is 20.8. The van der Waals surface area contributed by atoms with Crippen molar-refractivity contribution in [2.24, 2.45) is 5.92 Å². The molecular weight excluding hydrogens is 374 g/mol. The SMILES string of the molecule is COc1c(C)cc(S(=O)(=O)NCC2CCN(Cc3cccnc3)CC2)cc1C. The van der Waals surface area contributed by atoms with E-state index in [0.29, 0.717) is 17.4 Å². The zero-order valence-corrected chi connectivity index (χ0v) is 17.6. The van der Waals surface area contributed by atoms with E-state index in [1.54, 1.807) is 25.4 Å². The fourth-order valence-electron chi connectivity index (χ4n) is 3.80. The Labute approximate surface area is 168 Å². The second kappa shape index (κ2) is 9.03. The number of benzene rings is 1. The van der Waals surface area contributed by atoms with Crippen LogP contribution in [-0.2, 0) is 16.6 Å². The Balaban J connectivity index is 1.53. The lowest BCUT2D eigenvalue weighted by Gasteiger charge is -2.32. The molecule has 2 heterocycles. The molecule has 152 valence electrons. The van der Waals surface area contributed by atoms with Crippen molar-refractivity contribution >= 4 is 10.0 Å². The summed E-state index contributed by atoms with van der Waals surface area (Å²) >= 11 is 0. The predicted molar refractivity (Wildman–Crippen MR) is 110 cm³/mol. The minimum Gasteiger partial charge on any atom is -0.496 e. The third-order valence-corrected chi connectivity index (χ3v) is 6.75. The third-order valence-electron chi connectivity index (χ3n) is 5.35. The van der Waals surface area contributed by atoms with Crippen LogP contribution in [0.15, 0.2) is 41.6 Å². The first-order chi connectivity index (χ1) is 13.4.